The molecule has 2 rings (SSSR count). The monoisotopic (exact) mass is 404 g/mol. The minimum absolute atomic E-state index is 0.153. The third kappa shape index (κ3) is 6.55. The Bertz CT molecular complexity index is 944. The van der Waals surface area contributed by atoms with Crippen LogP contribution in [0.1, 0.15) is 85.2 Å². The van der Waals surface area contributed by atoms with Gasteiger partial charge < -0.3 is 4.74 Å². The number of hydrogen-bond acceptors (Lipinski definition) is 3. The number of allylic oxidation sites excluding steroid dienone is 3. The van der Waals surface area contributed by atoms with Crippen LogP contribution in [0.15, 0.2) is 71.8 Å². The summed E-state index contributed by atoms with van der Waals surface area (Å²) < 4.78 is 5.45. The fraction of sp³-hybridized carbons (Fsp3) is 0.333. The number of hydrogen-bond donors (Lipinski definition) is 0. The second-order valence-corrected chi connectivity index (χ2v) is 8.09. The standard InChI is InChI=1S/C27H32O3/c1-19(2)11-10-12-21(5)17-18-30-27(29)25-16-9-8-15-24(25)26(28)23-14-7-6-13-22(23)20(3)4/h6-9,11,13-17,20H,10,12,18H2,1-5H3. The molecule has 158 valence electrons. The van der Waals surface area contributed by atoms with E-state index in [0.717, 1.165) is 18.4 Å². The van der Waals surface area contributed by atoms with Gasteiger partial charge in [0, 0.05) is 11.1 Å². The maximum Gasteiger partial charge on any atom is 0.339 e. The van der Waals surface area contributed by atoms with Crippen molar-refractivity contribution in [2.24, 2.45) is 0 Å². The molecule has 0 aliphatic rings. The fourth-order valence-electron chi connectivity index (χ4n) is 3.24. The number of carbonyl (C=O) groups is 2. The van der Waals surface area contributed by atoms with E-state index in [-0.39, 0.29) is 18.3 Å². The minimum atomic E-state index is -0.477. The summed E-state index contributed by atoms with van der Waals surface area (Å²) in [4.78, 5) is 25.9. The van der Waals surface area contributed by atoms with Gasteiger partial charge in [-0.2, -0.15) is 0 Å². The van der Waals surface area contributed by atoms with Gasteiger partial charge in [-0.05, 0) is 57.2 Å². The highest BCUT2D eigenvalue weighted by Crippen LogP contribution is 2.24. The molecule has 0 aromatic heterocycles. The van der Waals surface area contributed by atoms with Gasteiger partial charge in [-0.1, -0.05) is 73.5 Å². The number of carbonyl (C=O) groups excluding carboxylic acids is 2. The molecular formula is C27H32O3. The van der Waals surface area contributed by atoms with Crippen molar-refractivity contribution in [3.63, 3.8) is 0 Å². The summed E-state index contributed by atoms with van der Waals surface area (Å²) in [5, 5.41) is 0. The molecule has 0 fully saturated rings. The van der Waals surface area contributed by atoms with Gasteiger partial charge in [-0.25, -0.2) is 4.79 Å². The predicted molar refractivity (Wildman–Crippen MR) is 123 cm³/mol. The maximum absolute atomic E-state index is 13.2. The van der Waals surface area contributed by atoms with Gasteiger partial charge >= 0.3 is 5.97 Å². The van der Waals surface area contributed by atoms with Crippen LogP contribution in [0, 0.1) is 0 Å². The van der Waals surface area contributed by atoms with Crippen molar-refractivity contribution in [2.45, 2.75) is 53.4 Å². The summed E-state index contributed by atoms with van der Waals surface area (Å²) in [6.45, 7) is 10.5. The molecule has 30 heavy (non-hydrogen) atoms. The molecule has 3 heteroatoms. The molecule has 0 spiro atoms. The van der Waals surface area contributed by atoms with E-state index in [9.17, 15) is 9.59 Å². The zero-order chi connectivity index (χ0) is 22.1. The van der Waals surface area contributed by atoms with E-state index in [1.807, 2.05) is 37.3 Å². The maximum atomic E-state index is 13.2. The number of benzene rings is 2. The molecule has 0 heterocycles. The lowest BCUT2D eigenvalue weighted by Crippen LogP contribution is -2.14. The zero-order valence-corrected chi connectivity index (χ0v) is 18.7. The van der Waals surface area contributed by atoms with Crippen LogP contribution in [0.4, 0.5) is 0 Å². The molecule has 2 aromatic rings. The molecule has 0 unspecified atom stereocenters. The van der Waals surface area contributed by atoms with E-state index in [2.05, 4.69) is 33.8 Å². The zero-order valence-electron chi connectivity index (χ0n) is 18.7. The Morgan fingerprint density at radius 3 is 2.10 bits per heavy atom. The number of rotatable bonds is 9. The third-order valence-electron chi connectivity index (χ3n) is 4.96. The first-order valence-corrected chi connectivity index (χ1v) is 10.5. The van der Waals surface area contributed by atoms with Crippen LogP contribution in [-0.4, -0.2) is 18.4 Å². The normalized spacial score (nSPS) is 11.3. The smallest absolute Gasteiger partial charge is 0.339 e. The van der Waals surface area contributed by atoms with Crippen LogP contribution in [0.5, 0.6) is 0 Å². The summed E-state index contributed by atoms with van der Waals surface area (Å²) in [6.07, 6.45) is 6.03. The van der Waals surface area contributed by atoms with Crippen LogP contribution in [0.2, 0.25) is 0 Å². The Balaban J connectivity index is 2.14. The minimum Gasteiger partial charge on any atom is -0.458 e. The van der Waals surface area contributed by atoms with Crippen molar-refractivity contribution in [1.29, 1.82) is 0 Å². The average Bonchev–Trinajstić information content (AvgIpc) is 2.72. The summed E-state index contributed by atoms with van der Waals surface area (Å²) >= 11 is 0. The van der Waals surface area contributed by atoms with Gasteiger partial charge in [-0.15, -0.1) is 0 Å². The Hall–Kier alpha value is -2.94. The van der Waals surface area contributed by atoms with Crippen molar-refractivity contribution in [3.05, 3.63) is 94.1 Å². The Morgan fingerprint density at radius 2 is 1.47 bits per heavy atom. The van der Waals surface area contributed by atoms with E-state index < -0.39 is 5.97 Å². The summed E-state index contributed by atoms with van der Waals surface area (Å²) in [5.74, 6) is -0.418. The lowest BCUT2D eigenvalue weighted by Gasteiger charge is -2.13. The molecule has 0 atom stereocenters. The Morgan fingerprint density at radius 1 is 0.867 bits per heavy atom. The van der Waals surface area contributed by atoms with Gasteiger partial charge in [0.1, 0.15) is 6.61 Å². The van der Waals surface area contributed by atoms with Gasteiger partial charge in [-0.3, -0.25) is 4.79 Å². The lowest BCUT2D eigenvalue weighted by atomic mass is 9.90. The molecule has 0 saturated heterocycles. The lowest BCUT2D eigenvalue weighted by molar-refractivity contribution is 0.0546. The first-order chi connectivity index (χ1) is 14.3. The molecule has 0 saturated carbocycles. The highest BCUT2D eigenvalue weighted by atomic mass is 16.5. The van der Waals surface area contributed by atoms with Crippen molar-refractivity contribution in [2.75, 3.05) is 6.61 Å². The van der Waals surface area contributed by atoms with E-state index in [1.54, 1.807) is 24.3 Å². The van der Waals surface area contributed by atoms with Crippen LogP contribution in [0.3, 0.4) is 0 Å². The van der Waals surface area contributed by atoms with Crippen molar-refractivity contribution in [1.82, 2.24) is 0 Å². The molecule has 3 nitrogen and oxygen atoms in total. The second kappa shape index (κ2) is 11.3. The average molecular weight is 405 g/mol. The van der Waals surface area contributed by atoms with E-state index >= 15 is 0 Å². The summed E-state index contributed by atoms with van der Waals surface area (Å²) in [5.41, 5.74) is 4.75. The topological polar surface area (TPSA) is 43.4 Å². The first kappa shape index (κ1) is 23.3. The third-order valence-corrected chi connectivity index (χ3v) is 4.96. The Kier molecular flexibility index (Phi) is 8.79. The van der Waals surface area contributed by atoms with Gasteiger partial charge in [0.05, 0.1) is 5.56 Å². The summed E-state index contributed by atoms with van der Waals surface area (Å²) in [6, 6.07) is 14.4. The van der Waals surface area contributed by atoms with Gasteiger partial charge in [0.15, 0.2) is 5.78 Å². The molecule has 0 N–H and O–H groups in total. The largest absolute Gasteiger partial charge is 0.458 e. The van der Waals surface area contributed by atoms with Crippen molar-refractivity contribution >= 4 is 11.8 Å². The second-order valence-electron chi connectivity index (χ2n) is 8.09. The van der Waals surface area contributed by atoms with E-state index in [0.29, 0.717) is 16.7 Å². The Labute approximate surface area is 180 Å². The van der Waals surface area contributed by atoms with E-state index in [1.165, 1.54) is 11.1 Å². The van der Waals surface area contributed by atoms with Crippen LogP contribution >= 0.6 is 0 Å². The number of ketones is 1. The van der Waals surface area contributed by atoms with E-state index in [4.69, 9.17) is 4.74 Å². The van der Waals surface area contributed by atoms with Crippen molar-refractivity contribution < 1.29 is 14.3 Å². The highest BCUT2D eigenvalue weighted by molar-refractivity contribution is 6.15. The number of esters is 1. The van der Waals surface area contributed by atoms with Crippen LogP contribution in [-0.2, 0) is 4.74 Å². The molecule has 0 bridgehead atoms. The molecule has 0 radical (unpaired) electrons. The SMILES string of the molecule is CC(C)=CCCC(C)=CCOC(=O)c1ccccc1C(=O)c1ccccc1C(C)C. The van der Waals surface area contributed by atoms with Gasteiger partial charge in [0.2, 0.25) is 0 Å². The molecule has 0 amide bonds. The molecule has 0 aliphatic heterocycles. The fourth-order valence-corrected chi connectivity index (χ4v) is 3.24. The molecule has 0 aliphatic carbocycles. The predicted octanol–water partition coefficient (Wildman–Crippen LogP) is 6.89. The van der Waals surface area contributed by atoms with Gasteiger partial charge in [0.25, 0.3) is 0 Å². The van der Waals surface area contributed by atoms with Crippen LogP contribution in [0.25, 0.3) is 0 Å². The quantitative estimate of drug-likeness (QED) is 0.260. The highest BCUT2D eigenvalue weighted by Gasteiger charge is 2.21. The first-order valence-electron chi connectivity index (χ1n) is 10.5. The van der Waals surface area contributed by atoms with Crippen LogP contribution < -0.4 is 0 Å². The molecule has 2 aromatic carbocycles. The number of ether oxygens (including phenoxy) is 1. The van der Waals surface area contributed by atoms with Crippen molar-refractivity contribution in [3.8, 4) is 0 Å². The summed E-state index contributed by atoms with van der Waals surface area (Å²) in [7, 11) is 0. The molecular weight excluding hydrogens is 372 g/mol.